The Hall–Kier alpha value is -2.61. The number of carbonyl (C=O) groups excluding carboxylic acids is 2. The molecular formula is C23H30N2O5S. The summed E-state index contributed by atoms with van der Waals surface area (Å²) in [6.07, 6.45) is 6.78. The number of ether oxygens (including phenoxy) is 3. The molecular weight excluding hydrogens is 416 g/mol. The predicted octanol–water partition coefficient (Wildman–Crippen LogP) is 4.39. The van der Waals surface area contributed by atoms with E-state index in [4.69, 9.17) is 14.2 Å². The Kier molecular flexibility index (Phi) is 8.28. The van der Waals surface area contributed by atoms with Gasteiger partial charge < -0.3 is 14.2 Å². The number of anilines is 1. The Morgan fingerprint density at radius 3 is 2.55 bits per heavy atom. The maximum Gasteiger partial charge on any atom is 0.306 e. The number of hydrogen-bond donors (Lipinski definition) is 0. The van der Waals surface area contributed by atoms with E-state index >= 15 is 0 Å². The number of hydrogen-bond acceptors (Lipinski definition) is 7. The predicted molar refractivity (Wildman–Crippen MR) is 120 cm³/mol. The maximum absolute atomic E-state index is 13.2. The molecule has 1 aliphatic carbocycles. The SMILES string of the molecule is COc1ccc(CCC(=O)OC(C)C(=O)N(c2nccs2)C2CCCCC2)cc1OC. The number of carbonyl (C=O) groups is 2. The van der Waals surface area contributed by atoms with Crippen LogP contribution in [0.5, 0.6) is 11.5 Å². The summed E-state index contributed by atoms with van der Waals surface area (Å²) in [5, 5.41) is 2.53. The van der Waals surface area contributed by atoms with Gasteiger partial charge in [-0.15, -0.1) is 11.3 Å². The lowest BCUT2D eigenvalue weighted by Gasteiger charge is -2.33. The highest BCUT2D eigenvalue weighted by molar-refractivity contribution is 7.13. The van der Waals surface area contributed by atoms with Crippen LogP contribution < -0.4 is 14.4 Å². The molecule has 1 fully saturated rings. The molecule has 0 aliphatic heterocycles. The molecule has 1 atom stereocenters. The average Bonchev–Trinajstić information content (AvgIpc) is 3.32. The third-order valence-electron chi connectivity index (χ3n) is 5.52. The Morgan fingerprint density at radius 1 is 1.16 bits per heavy atom. The number of aromatic nitrogens is 1. The van der Waals surface area contributed by atoms with Crippen LogP contribution >= 0.6 is 11.3 Å². The second-order valence-electron chi connectivity index (χ2n) is 7.64. The summed E-state index contributed by atoms with van der Waals surface area (Å²) in [5.74, 6) is 0.640. The third-order valence-corrected chi connectivity index (χ3v) is 6.30. The Labute approximate surface area is 187 Å². The molecule has 1 heterocycles. The van der Waals surface area contributed by atoms with Crippen LogP contribution in [0.2, 0.25) is 0 Å². The van der Waals surface area contributed by atoms with Crippen molar-refractivity contribution >= 4 is 28.3 Å². The number of amides is 1. The van der Waals surface area contributed by atoms with E-state index in [1.165, 1.54) is 17.8 Å². The van der Waals surface area contributed by atoms with Gasteiger partial charge in [0.1, 0.15) is 0 Å². The van der Waals surface area contributed by atoms with Crippen molar-refractivity contribution < 1.29 is 23.8 Å². The zero-order valence-electron chi connectivity index (χ0n) is 18.3. The number of benzene rings is 1. The topological polar surface area (TPSA) is 78.0 Å². The van der Waals surface area contributed by atoms with Gasteiger partial charge in [-0.05, 0) is 43.9 Å². The minimum Gasteiger partial charge on any atom is -0.493 e. The molecule has 7 nitrogen and oxygen atoms in total. The molecule has 1 aromatic carbocycles. The standard InChI is InChI=1S/C23H30N2O5S/c1-16(22(27)25(23-24-13-14-31-23)18-7-5-4-6-8-18)30-21(26)12-10-17-9-11-19(28-2)20(15-17)29-3/h9,11,13-16,18H,4-8,10,12H2,1-3H3. The van der Waals surface area contributed by atoms with E-state index in [0.717, 1.165) is 31.2 Å². The number of nitrogens with zero attached hydrogens (tertiary/aromatic N) is 2. The average molecular weight is 447 g/mol. The lowest BCUT2D eigenvalue weighted by atomic mass is 9.94. The fourth-order valence-corrected chi connectivity index (χ4v) is 4.61. The molecule has 1 aromatic heterocycles. The molecule has 31 heavy (non-hydrogen) atoms. The second kappa shape index (κ2) is 11.1. The summed E-state index contributed by atoms with van der Waals surface area (Å²) >= 11 is 1.43. The first-order valence-corrected chi connectivity index (χ1v) is 11.5. The van der Waals surface area contributed by atoms with E-state index in [1.54, 1.807) is 32.2 Å². The first-order valence-electron chi connectivity index (χ1n) is 10.7. The van der Waals surface area contributed by atoms with Crippen LogP contribution in [0, 0.1) is 0 Å². The van der Waals surface area contributed by atoms with Gasteiger partial charge in [0.25, 0.3) is 5.91 Å². The normalized spacial score (nSPS) is 15.2. The van der Waals surface area contributed by atoms with Crippen molar-refractivity contribution in [2.24, 2.45) is 0 Å². The van der Waals surface area contributed by atoms with E-state index in [1.807, 2.05) is 23.6 Å². The molecule has 3 rings (SSSR count). The highest BCUT2D eigenvalue weighted by Crippen LogP contribution is 2.30. The number of aryl methyl sites for hydroxylation is 1. The smallest absolute Gasteiger partial charge is 0.306 e. The third kappa shape index (κ3) is 5.97. The van der Waals surface area contributed by atoms with Crippen molar-refractivity contribution in [3.8, 4) is 11.5 Å². The van der Waals surface area contributed by atoms with Crippen molar-refractivity contribution in [2.45, 2.75) is 64.0 Å². The minimum atomic E-state index is -0.858. The van der Waals surface area contributed by atoms with Crippen LogP contribution in [-0.4, -0.2) is 43.2 Å². The molecule has 1 aliphatic rings. The highest BCUT2D eigenvalue weighted by atomic mass is 32.1. The lowest BCUT2D eigenvalue weighted by Crippen LogP contribution is -2.47. The fourth-order valence-electron chi connectivity index (χ4n) is 3.89. The molecule has 0 bridgehead atoms. The monoisotopic (exact) mass is 446 g/mol. The number of rotatable bonds is 9. The summed E-state index contributed by atoms with van der Waals surface area (Å²) < 4.78 is 16.0. The van der Waals surface area contributed by atoms with E-state index in [9.17, 15) is 9.59 Å². The molecule has 1 unspecified atom stereocenters. The maximum atomic E-state index is 13.2. The molecule has 0 saturated heterocycles. The summed E-state index contributed by atoms with van der Waals surface area (Å²) in [7, 11) is 3.15. The van der Waals surface area contributed by atoms with Gasteiger partial charge in [0.05, 0.1) is 14.2 Å². The Balaban J connectivity index is 1.59. The molecule has 0 radical (unpaired) electrons. The van der Waals surface area contributed by atoms with Crippen molar-refractivity contribution in [3.05, 3.63) is 35.3 Å². The van der Waals surface area contributed by atoms with Gasteiger partial charge in [-0.1, -0.05) is 25.3 Å². The van der Waals surface area contributed by atoms with Crippen LogP contribution in [0.15, 0.2) is 29.8 Å². The number of thiazole rings is 1. The van der Waals surface area contributed by atoms with Crippen molar-refractivity contribution in [2.75, 3.05) is 19.1 Å². The summed E-state index contributed by atoms with van der Waals surface area (Å²) in [6.45, 7) is 1.64. The van der Waals surface area contributed by atoms with Gasteiger partial charge >= 0.3 is 5.97 Å². The number of methoxy groups -OCH3 is 2. The fraction of sp³-hybridized carbons (Fsp3) is 0.522. The van der Waals surface area contributed by atoms with E-state index < -0.39 is 12.1 Å². The van der Waals surface area contributed by atoms with Crippen molar-refractivity contribution in [3.63, 3.8) is 0 Å². The van der Waals surface area contributed by atoms with Gasteiger partial charge in [-0.2, -0.15) is 0 Å². The molecule has 1 saturated carbocycles. The molecule has 168 valence electrons. The van der Waals surface area contributed by atoms with Gasteiger partial charge in [0, 0.05) is 24.0 Å². The highest BCUT2D eigenvalue weighted by Gasteiger charge is 2.33. The zero-order valence-corrected chi connectivity index (χ0v) is 19.2. The van der Waals surface area contributed by atoms with E-state index in [0.29, 0.717) is 23.1 Å². The summed E-state index contributed by atoms with van der Waals surface area (Å²) in [5.41, 5.74) is 0.931. The van der Waals surface area contributed by atoms with E-state index in [-0.39, 0.29) is 18.4 Å². The first kappa shape index (κ1) is 23.1. The van der Waals surface area contributed by atoms with Crippen molar-refractivity contribution in [1.82, 2.24) is 4.98 Å². The number of esters is 1. The summed E-state index contributed by atoms with van der Waals surface area (Å²) in [4.78, 5) is 31.7. The largest absolute Gasteiger partial charge is 0.493 e. The Morgan fingerprint density at radius 2 is 1.90 bits per heavy atom. The van der Waals surface area contributed by atoms with Gasteiger partial charge in [-0.3, -0.25) is 14.5 Å². The zero-order chi connectivity index (χ0) is 22.2. The Bertz CT molecular complexity index is 865. The second-order valence-corrected chi connectivity index (χ2v) is 8.51. The van der Waals surface area contributed by atoms with Crippen LogP contribution in [0.3, 0.4) is 0 Å². The van der Waals surface area contributed by atoms with Crippen molar-refractivity contribution in [1.29, 1.82) is 0 Å². The van der Waals surface area contributed by atoms with Crippen LogP contribution in [-0.2, 0) is 20.7 Å². The molecule has 0 N–H and O–H groups in total. The first-order chi connectivity index (χ1) is 15.0. The van der Waals surface area contributed by atoms with Gasteiger partial charge in [0.2, 0.25) is 0 Å². The van der Waals surface area contributed by atoms with Gasteiger partial charge in [0.15, 0.2) is 22.7 Å². The molecule has 2 aromatic rings. The van der Waals surface area contributed by atoms with Crippen LogP contribution in [0.4, 0.5) is 5.13 Å². The quantitative estimate of drug-likeness (QED) is 0.532. The van der Waals surface area contributed by atoms with E-state index in [2.05, 4.69) is 4.98 Å². The molecule has 0 spiro atoms. The summed E-state index contributed by atoms with van der Waals surface area (Å²) in [6, 6.07) is 5.65. The van der Waals surface area contributed by atoms with Gasteiger partial charge in [-0.25, -0.2) is 4.98 Å². The van der Waals surface area contributed by atoms with Crippen LogP contribution in [0.25, 0.3) is 0 Å². The van der Waals surface area contributed by atoms with Crippen LogP contribution in [0.1, 0.15) is 51.0 Å². The lowest BCUT2D eigenvalue weighted by molar-refractivity contribution is -0.154. The minimum absolute atomic E-state index is 0.111. The molecule has 8 heteroatoms. The molecule has 1 amide bonds.